The largest absolute Gasteiger partial charge is 0.481 e. The molecule has 3 N–H and O–H groups in total. The molecule has 174 valence electrons. The SMILES string of the molecule is CC1(C)CC(C)(NC(=O)C(CC(=O)O)NC(=O)OCC2c3ccccc3-c3ccccc32)C1. The quantitative estimate of drug-likeness (QED) is 0.590. The second-order valence-corrected chi connectivity index (χ2v) is 10.2. The number of benzene rings is 2. The third kappa shape index (κ3) is 4.87. The summed E-state index contributed by atoms with van der Waals surface area (Å²) >= 11 is 0. The van der Waals surface area contributed by atoms with Crippen molar-refractivity contribution in [2.45, 2.75) is 57.5 Å². The summed E-state index contributed by atoms with van der Waals surface area (Å²) in [5.41, 5.74) is 4.10. The number of nitrogens with one attached hydrogen (secondary N) is 2. The van der Waals surface area contributed by atoms with E-state index in [0.717, 1.165) is 35.1 Å². The summed E-state index contributed by atoms with van der Waals surface area (Å²) in [4.78, 5) is 36.7. The molecule has 0 spiro atoms. The molecule has 0 aromatic heterocycles. The maximum atomic E-state index is 12.8. The van der Waals surface area contributed by atoms with Crippen LogP contribution in [-0.2, 0) is 14.3 Å². The molecule has 2 aromatic rings. The van der Waals surface area contributed by atoms with Gasteiger partial charge in [0.05, 0.1) is 6.42 Å². The molecule has 1 fully saturated rings. The molecule has 1 saturated carbocycles. The first-order chi connectivity index (χ1) is 15.6. The highest BCUT2D eigenvalue weighted by Gasteiger charge is 2.47. The molecule has 0 saturated heterocycles. The molecule has 7 nitrogen and oxygen atoms in total. The summed E-state index contributed by atoms with van der Waals surface area (Å²) in [6, 6.07) is 14.8. The number of hydrogen-bond donors (Lipinski definition) is 3. The lowest BCUT2D eigenvalue weighted by atomic mass is 9.60. The van der Waals surface area contributed by atoms with Gasteiger partial charge in [-0.15, -0.1) is 0 Å². The number of amides is 2. The molecule has 2 aliphatic rings. The molecule has 2 aromatic carbocycles. The smallest absolute Gasteiger partial charge is 0.407 e. The van der Waals surface area contributed by atoms with E-state index in [-0.39, 0.29) is 17.9 Å². The average Bonchev–Trinajstić information content (AvgIpc) is 3.03. The fraction of sp³-hybridized carbons (Fsp3) is 0.423. The molecule has 7 heteroatoms. The van der Waals surface area contributed by atoms with Gasteiger partial charge in [-0.25, -0.2) is 4.79 Å². The monoisotopic (exact) mass is 450 g/mol. The van der Waals surface area contributed by atoms with Gasteiger partial charge in [0.25, 0.3) is 0 Å². The Bertz CT molecular complexity index is 1040. The van der Waals surface area contributed by atoms with Crippen molar-refractivity contribution in [1.29, 1.82) is 0 Å². The number of alkyl carbamates (subject to hydrolysis) is 1. The van der Waals surface area contributed by atoms with Gasteiger partial charge in [0.2, 0.25) is 5.91 Å². The van der Waals surface area contributed by atoms with E-state index in [4.69, 9.17) is 4.74 Å². The number of carbonyl (C=O) groups excluding carboxylic acids is 2. The summed E-state index contributed by atoms with van der Waals surface area (Å²) in [6.07, 6.45) is 0.250. The van der Waals surface area contributed by atoms with Crippen LogP contribution in [0.1, 0.15) is 57.1 Å². The van der Waals surface area contributed by atoms with Crippen LogP contribution >= 0.6 is 0 Å². The zero-order valence-electron chi connectivity index (χ0n) is 19.2. The minimum atomic E-state index is -1.21. The zero-order valence-corrected chi connectivity index (χ0v) is 19.2. The Morgan fingerprint density at radius 3 is 2.06 bits per heavy atom. The lowest BCUT2D eigenvalue weighted by Crippen LogP contribution is -2.62. The number of carboxylic acids is 1. The Balaban J connectivity index is 1.40. The van der Waals surface area contributed by atoms with E-state index in [2.05, 4.69) is 24.5 Å². The van der Waals surface area contributed by atoms with Crippen molar-refractivity contribution in [2.24, 2.45) is 5.41 Å². The second-order valence-electron chi connectivity index (χ2n) is 10.2. The predicted octanol–water partition coefficient (Wildman–Crippen LogP) is 4.06. The van der Waals surface area contributed by atoms with Gasteiger partial charge in [0.1, 0.15) is 12.6 Å². The van der Waals surface area contributed by atoms with Gasteiger partial charge in [-0.05, 0) is 47.4 Å². The van der Waals surface area contributed by atoms with Gasteiger partial charge >= 0.3 is 12.1 Å². The average molecular weight is 451 g/mol. The standard InChI is InChI=1S/C26H30N2O5/c1-25(2)14-26(3,15-25)28-23(31)21(12-22(29)30)27-24(32)33-13-20-18-10-6-4-8-16(18)17-9-5-7-11-19(17)20/h4-11,20-21H,12-15H2,1-3H3,(H,27,32)(H,28,31)(H,29,30). The third-order valence-corrected chi connectivity index (χ3v) is 6.49. The first-order valence-electron chi connectivity index (χ1n) is 11.2. The van der Waals surface area contributed by atoms with E-state index >= 15 is 0 Å². The van der Waals surface area contributed by atoms with Gasteiger partial charge in [-0.3, -0.25) is 9.59 Å². The highest BCUT2D eigenvalue weighted by Crippen LogP contribution is 2.47. The van der Waals surface area contributed by atoms with Crippen molar-refractivity contribution in [1.82, 2.24) is 10.6 Å². The van der Waals surface area contributed by atoms with E-state index in [9.17, 15) is 19.5 Å². The Hall–Kier alpha value is -3.35. The summed E-state index contributed by atoms with van der Waals surface area (Å²) in [5, 5.41) is 14.6. The number of aliphatic carboxylic acids is 1. The lowest BCUT2D eigenvalue weighted by Gasteiger charge is -2.52. The number of hydrogen-bond acceptors (Lipinski definition) is 4. The van der Waals surface area contributed by atoms with Crippen LogP contribution in [0.25, 0.3) is 11.1 Å². The minimum absolute atomic E-state index is 0.0905. The van der Waals surface area contributed by atoms with E-state index in [1.54, 1.807) is 0 Å². The molecule has 2 aliphatic carbocycles. The van der Waals surface area contributed by atoms with Crippen molar-refractivity contribution >= 4 is 18.0 Å². The summed E-state index contributed by atoms with van der Waals surface area (Å²) in [7, 11) is 0. The molecule has 0 heterocycles. The Kier molecular flexibility index (Phi) is 5.91. The van der Waals surface area contributed by atoms with E-state index in [1.165, 1.54) is 0 Å². The number of carbonyl (C=O) groups is 3. The molecule has 4 rings (SSSR count). The van der Waals surface area contributed by atoms with Crippen LogP contribution < -0.4 is 10.6 Å². The van der Waals surface area contributed by atoms with Crippen molar-refractivity contribution in [3.63, 3.8) is 0 Å². The summed E-state index contributed by atoms with van der Waals surface area (Å²) in [5.74, 6) is -1.80. The van der Waals surface area contributed by atoms with Crippen LogP contribution in [0.4, 0.5) is 4.79 Å². The molecule has 0 aliphatic heterocycles. The highest BCUT2D eigenvalue weighted by molar-refractivity contribution is 5.89. The number of rotatable bonds is 7. The topological polar surface area (TPSA) is 105 Å². The fourth-order valence-electron chi connectivity index (χ4n) is 5.70. The first kappa shape index (κ1) is 22.8. The molecule has 1 unspecified atom stereocenters. The Morgan fingerprint density at radius 1 is 1.00 bits per heavy atom. The number of carboxylic acid groups (broad SMARTS) is 1. The minimum Gasteiger partial charge on any atom is -0.481 e. The molecule has 1 atom stereocenters. The second kappa shape index (κ2) is 8.54. The molecule has 0 bridgehead atoms. The Labute approximate surface area is 193 Å². The first-order valence-corrected chi connectivity index (χ1v) is 11.2. The number of fused-ring (bicyclic) bond motifs is 3. The van der Waals surface area contributed by atoms with E-state index < -0.39 is 36.0 Å². The van der Waals surface area contributed by atoms with Crippen LogP contribution in [-0.4, -0.2) is 41.3 Å². The zero-order chi connectivity index (χ0) is 23.8. The van der Waals surface area contributed by atoms with Gasteiger partial charge < -0.3 is 20.5 Å². The lowest BCUT2D eigenvalue weighted by molar-refractivity contribution is -0.140. The van der Waals surface area contributed by atoms with E-state index in [1.807, 2.05) is 55.5 Å². The van der Waals surface area contributed by atoms with Crippen LogP contribution in [0.15, 0.2) is 48.5 Å². The molecule has 0 radical (unpaired) electrons. The molecular weight excluding hydrogens is 420 g/mol. The van der Waals surface area contributed by atoms with Gasteiger partial charge in [-0.1, -0.05) is 62.4 Å². The van der Waals surface area contributed by atoms with Crippen molar-refractivity contribution in [2.75, 3.05) is 6.61 Å². The maximum absolute atomic E-state index is 12.8. The summed E-state index contributed by atoms with van der Waals surface area (Å²) < 4.78 is 5.48. The normalized spacial score (nSPS) is 18.3. The fourth-order valence-corrected chi connectivity index (χ4v) is 5.70. The molecular formula is C26H30N2O5. The van der Waals surface area contributed by atoms with Crippen LogP contribution in [0.2, 0.25) is 0 Å². The van der Waals surface area contributed by atoms with Crippen molar-refractivity contribution in [3.8, 4) is 11.1 Å². The Morgan fingerprint density at radius 2 is 1.55 bits per heavy atom. The van der Waals surface area contributed by atoms with Crippen LogP contribution in [0, 0.1) is 5.41 Å². The number of ether oxygens (including phenoxy) is 1. The van der Waals surface area contributed by atoms with Gasteiger partial charge in [0, 0.05) is 11.5 Å². The van der Waals surface area contributed by atoms with Gasteiger partial charge in [0.15, 0.2) is 0 Å². The third-order valence-electron chi connectivity index (χ3n) is 6.49. The van der Waals surface area contributed by atoms with Crippen molar-refractivity contribution in [3.05, 3.63) is 59.7 Å². The summed E-state index contributed by atoms with van der Waals surface area (Å²) in [6.45, 7) is 6.25. The predicted molar refractivity (Wildman–Crippen MR) is 124 cm³/mol. The molecule has 33 heavy (non-hydrogen) atoms. The van der Waals surface area contributed by atoms with Gasteiger partial charge in [-0.2, -0.15) is 0 Å². The van der Waals surface area contributed by atoms with E-state index in [0.29, 0.717) is 0 Å². The van der Waals surface area contributed by atoms with Crippen molar-refractivity contribution < 1.29 is 24.2 Å². The maximum Gasteiger partial charge on any atom is 0.407 e. The highest BCUT2D eigenvalue weighted by atomic mass is 16.5. The van der Waals surface area contributed by atoms with Crippen LogP contribution in [0.5, 0.6) is 0 Å². The molecule has 2 amide bonds. The van der Waals surface area contributed by atoms with Crippen LogP contribution in [0.3, 0.4) is 0 Å².